The second-order valence-electron chi connectivity index (χ2n) is 4.16. The molecule has 1 unspecified atom stereocenters. The Kier molecular flexibility index (Phi) is 4.63. The molecule has 0 radical (unpaired) electrons. The summed E-state index contributed by atoms with van der Waals surface area (Å²) in [5.41, 5.74) is 0. The van der Waals surface area contributed by atoms with Gasteiger partial charge in [0.2, 0.25) is 11.6 Å². The lowest BCUT2D eigenvalue weighted by atomic mass is 10.0. The van der Waals surface area contributed by atoms with Gasteiger partial charge in [0.05, 0.1) is 18.4 Å². The number of carbonyl (C=O) groups is 2. The highest BCUT2D eigenvalue weighted by atomic mass is 32.2. The molecular formula is C15H14O4S. The highest BCUT2D eigenvalue weighted by molar-refractivity contribution is 8.02. The molecule has 4 nitrogen and oxygen atoms in total. The first-order chi connectivity index (χ1) is 9.63. The number of ketones is 2. The van der Waals surface area contributed by atoms with Gasteiger partial charge in [-0.1, -0.05) is 6.92 Å². The van der Waals surface area contributed by atoms with E-state index in [1.54, 1.807) is 31.2 Å². The first-order valence-corrected chi connectivity index (χ1v) is 7.27. The van der Waals surface area contributed by atoms with Crippen molar-refractivity contribution < 1.29 is 18.4 Å². The fraction of sp³-hybridized carbons (Fsp3) is 0.200. The summed E-state index contributed by atoms with van der Waals surface area (Å²) in [5.74, 6) is -0.284. The average molecular weight is 290 g/mol. The van der Waals surface area contributed by atoms with Crippen LogP contribution in [0.25, 0.3) is 0 Å². The summed E-state index contributed by atoms with van der Waals surface area (Å²) >= 11 is 1.37. The Balaban J connectivity index is 2.19. The normalized spacial score (nSPS) is 13.2. The minimum absolute atomic E-state index is 0.150. The first-order valence-electron chi connectivity index (χ1n) is 6.04. The Bertz CT molecular complexity index is 608. The van der Waals surface area contributed by atoms with E-state index in [1.807, 2.05) is 6.26 Å². The molecule has 2 aromatic rings. The van der Waals surface area contributed by atoms with Crippen molar-refractivity contribution >= 4 is 23.3 Å². The van der Waals surface area contributed by atoms with Gasteiger partial charge < -0.3 is 8.83 Å². The molecule has 0 spiro atoms. The van der Waals surface area contributed by atoms with E-state index in [1.165, 1.54) is 30.4 Å². The van der Waals surface area contributed by atoms with Crippen molar-refractivity contribution in [3.05, 3.63) is 59.3 Å². The fourth-order valence-corrected chi connectivity index (χ4v) is 2.43. The number of hydrogen-bond acceptors (Lipinski definition) is 5. The van der Waals surface area contributed by atoms with Gasteiger partial charge >= 0.3 is 0 Å². The first kappa shape index (κ1) is 14.4. The van der Waals surface area contributed by atoms with Gasteiger partial charge in [0.15, 0.2) is 11.5 Å². The van der Waals surface area contributed by atoms with Crippen LogP contribution >= 0.6 is 11.8 Å². The van der Waals surface area contributed by atoms with Crippen LogP contribution < -0.4 is 0 Å². The van der Waals surface area contributed by atoms with Gasteiger partial charge in [-0.2, -0.15) is 0 Å². The van der Waals surface area contributed by atoms with E-state index < -0.39 is 5.92 Å². The quantitative estimate of drug-likeness (QED) is 0.598. The molecule has 0 aliphatic heterocycles. The Labute approximate surface area is 120 Å². The number of allylic oxidation sites excluding steroid dienone is 2. The topological polar surface area (TPSA) is 60.4 Å². The minimum Gasteiger partial charge on any atom is -0.461 e. The fourth-order valence-electron chi connectivity index (χ4n) is 1.74. The Morgan fingerprint density at radius 2 is 1.75 bits per heavy atom. The second-order valence-corrected chi connectivity index (χ2v) is 5.04. The third kappa shape index (κ3) is 3.11. The molecule has 0 fully saturated rings. The minimum atomic E-state index is -0.435. The lowest BCUT2D eigenvalue weighted by molar-refractivity contribution is 0.0924. The van der Waals surface area contributed by atoms with E-state index in [2.05, 4.69) is 0 Å². The standard InChI is InChI=1S/C15H14O4S/c1-10(15(17)13-6-4-8-19-13)14(20-2)9-11(16)12-5-3-7-18-12/h3-10H,1-2H3/b14-9-. The van der Waals surface area contributed by atoms with Crippen LogP contribution in [0.1, 0.15) is 28.0 Å². The Hall–Kier alpha value is -2.01. The molecule has 2 aromatic heterocycles. The van der Waals surface area contributed by atoms with Gasteiger partial charge in [-0.3, -0.25) is 9.59 Å². The number of thioether (sulfide) groups is 1. The van der Waals surface area contributed by atoms with E-state index in [9.17, 15) is 9.59 Å². The molecule has 0 saturated heterocycles. The van der Waals surface area contributed by atoms with Crippen LogP contribution in [0.2, 0.25) is 0 Å². The van der Waals surface area contributed by atoms with Crippen molar-refractivity contribution in [2.75, 3.05) is 6.26 Å². The van der Waals surface area contributed by atoms with Gasteiger partial charge in [-0.25, -0.2) is 0 Å². The number of rotatable bonds is 6. The van der Waals surface area contributed by atoms with Crippen molar-refractivity contribution in [1.82, 2.24) is 0 Å². The van der Waals surface area contributed by atoms with Gasteiger partial charge in [0.1, 0.15) is 0 Å². The van der Waals surface area contributed by atoms with Crippen LogP contribution in [0.4, 0.5) is 0 Å². The van der Waals surface area contributed by atoms with E-state index in [4.69, 9.17) is 8.83 Å². The maximum absolute atomic E-state index is 12.2. The SMILES string of the molecule is CS/C(=C\C(=O)c1ccco1)C(C)C(=O)c1ccco1. The number of carbonyl (C=O) groups excluding carboxylic acids is 2. The Morgan fingerprint density at radius 3 is 2.25 bits per heavy atom. The molecule has 2 rings (SSSR count). The summed E-state index contributed by atoms with van der Waals surface area (Å²) in [6, 6.07) is 6.52. The maximum atomic E-state index is 12.2. The molecule has 0 amide bonds. The predicted molar refractivity (Wildman–Crippen MR) is 76.8 cm³/mol. The predicted octanol–water partition coefficient (Wildman–Crippen LogP) is 3.82. The summed E-state index contributed by atoms with van der Waals surface area (Å²) in [6.45, 7) is 1.75. The van der Waals surface area contributed by atoms with Crippen molar-refractivity contribution in [2.45, 2.75) is 6.92 Å². The molecular weight excluding hydrogens is 276 g/mol. The molecule has 0 N–H and O–H groups in total. The number of hydrogen-bond donors (Lipinski definition) is 0. The summed E-state index contributed by atoms with van der Waals surface area (Å²) in [7, 11) is 0. The zero-order valence-electron chi connectivity index (χ0n) is 11.2. The third-order valence-corrected chi connectivity index (χ3v) is 3.80. The molecule has 0 aliphatic rings. The maximum Gasteiger partial charge on any atom is 0.221 e. The lowest BCUT2D eigenvalue weighted by Gasteiger charge is -2.11. The smallest absolute Gasteiger partial charge is 0.221 e. The van der Waals surface area contributed by atoms with Crippen molar-refractivity contribution in [1.29, 1.82) is 0 Å². The van der Waals surface area contributed by atoms with E-state index in [-0.39, 0.29) is 17.3 Å². The summed E-state index contributed by atoms with van der Waals surface area (Å²) in [5, 5.41) is 0. The Morgan fingerprint density at radius 1 is 1.15 bits per heavy atom. The number of Topliss-reactive ketones (excluding diaryl/α,β-unsaturated/α-hetero) is 1. The molecule has 0 bridgehead atoms. The highest BCUT2D eigenvalue weighted by Gasteiger charge is 2.22. The van der Waals surface area contributed by atoms with Gasteiger partial charge in [0.25, 0.3) is 0 Å². The monoisotopic (exact) mass is 290 g/mol. The average Bonchev–Trinajstić information content (AvgIpc) is 3.15. The molecule has 104 valence electrons. The van der Waals surface area contributed by atoms with Gasteiger partial charge in [0, 0.05) is 0 Å². The summed E-state index contributed by atoms with van der Waals surface area (Å²) < 4.78 is 10.1. The molecule has 0 saturated carbocycles. The van der Waals surface area contributed by atoms with Crippen LogP contribution in [0.5, 0.6) is 0 Å². The third-order valence-electron chi connectivity index (χ3n) is 2.86. The van der Waals surface area contributed by atoms with Crippen LogP contribution in [0.3, 0.4) is 0 Å². The van der Waals surface area contributed by atoms with Crippen molar-refractivity contribution in [3.8, 4) is 0 Å². The van der Waals surface area contributed by atoms with E-state index in [0.29, 0.717) is 10.7 Å². The molecule has 0 aromatic carbocycles. The molecule has 5 heteroatoms. The van der Waals surface area contributed by atoms with Crippen LogP contribution in [-0.4, -0.2) is 17.8 Å². The largest absolute Gasteiger partial charge is 0.461 e. The van der Waals surface area contributed by atoms with Crippen LogP contribution in [0.15, 0.2) is 56.6 Å². The molecule has 20 heavy (non-hydrogen) atoms. The molecule has 0 aliphatic carbocycles. The van der Waals surface area contributed by atoms with Gasteiger partial charge in [-0.15, -0.1) is 11.8 Å². The van der Waals surface area contributed by atoms with Gasteiger partial charge in [-0.05, 0) is 41.5 Å². The number of furan rings is 2. The second kappa shape index (κ2) is 6.43. The van der Waals surface area contributed by atoms with E-state index in [0.717, 1.165) is 0 Å². The van der Waals surface area contributed by atoms with Crippen molar-refractivity contribution in [2.24, 2.45) is 5.92 Å². The molecule has 2 heterocycles. The highest BCUT2D eigenvalue weighted by Crippen LogP contribution is 2.26. The summed E-state index contributed by atoms with van der Waals surface area (Å²) in [4.78, 5) is 24.8. The van der Waals surface area contributed by atoms with E-state index >= 15 is 0 Å². The zero-order valence-corrected chi connectivity index (χ0v) is 12.0. The van der Waals surface area contributed by atoms with Crippen LogP contribution in [0, 0.1) is 5.92 Å². The van der Waals surface area contributed by atoms with Crippen molar-refractivity contribution in [3.63, 3.8) is 0 Å². The van der Waals surface area contributed by atoms with Crippen LogP contribution in [-0.2, 0) is 0 Å². The lowest BCUT2D eigenvalue weighted by Crippen LogP contribution is -2.12. The zero-order chi connectivity index (χ0) is 14.5. The molecule has 1 atom stereocenters. The summed E-state index contributed by atoms with van der Waals surface area (Å²) in [6.07, 6.45) is 6.16.